The molecule has 2 aromatic rings. The molecule has 0 atom stereocenters. The summed E-state index contributed by atoms with van der Waals surface area (Å²) in [5.41, 5.74) is 8.10. The number of rotatable bonds is 4. The monoisotopic (exact) mass is 274 g/mol. The van der Waals surface area contributed by atoms with Crippen LogP contribution in [0.4, 0.5) is 11.5 Å². The van der Waals surface area contributed by atoms with Crippen molar-refractivity contribution in [1.29, 1.82) is 0 Å². The second kappa shape index (κ2) is 5.64. The van der Waals surface area contributed by atoms with Crippen LogP contribution in [0.3, 0.4) is 0 Å². The van der Waals surface area contributed by atoms with E-state index in [9.17, 15) is 4.79 Å². The molecule has 0 saturated heterocycles. The second-order valence-electron chi connectivity index (χ2n) is 4.49. The molecule has 1 heterocycles. The molecule has 0 aliphatic heterocycles. The van der Waals surface area contributed by atoms with E-state index in [1.54, 1.807) is 6.92 Å². The van der Waals surface area contributed by atoms with Crippen molar-refractivity contribution in [3.8, 4) is 5.69 Å². The fourth-order valence-electron chi connectivity index (χ4n) is 1.82. The van der Waals surface area contributed by atoms with Crippen molar-refractivity contribution in [2.45, 2.75) is 6.92 Å². The molecule has 2 rings (SSSR count). The van der Waals surface area contributed by atoms with Gasteiger partial charge in [0, 0.05) is 19.8 Å². The fraction of sp³-hybridized carbons (Fsp3) is 0.286. The van der Waals surface area contributed by atoms with Crippen molar-refractivity contribution in [1.82, 2.24) is 9.78 Å². The largest absolute Gasteiger partial charge is 0.462 e. The number of esters is 1. The lowest BCUT2D eigenvalue weighted by atomic mass is 10.2. The van der Waals surface area contributed by atoms with Crippen molar-refractivity contribution in [2.75, 3.05) is 31.3 Å². The van der Waals surface area contributed by atoms with Crippen LogP contribution in [-0.2, 0) is 4.74 Å². The topological polar surface area (TPSA) is 73.4 Å². The third kappa shape index (κ3) is 2.59. The highest BCUT2D eigenvalue weighted by atomic mass is 16.5. The number of ether oxygens (including phenoxy) is 1. The molecule has 106 valence electrons. The molecule has 0 aliphatic carbocycles. The van der Waals surface area contributed by atoms with Gasteiger partial charge in [0.05, 0.1) is 18.5 Å². The number of hydrogen-bond donors (Lipinski definition) is 1. The normalized spacial score (nSPS) is 10.3. The SMILES string of the molecule is CCOC(=O)c1cnn(-c2ccc(N(C)C)cc2)c1N. The number of nitrogen functional groups attached to an aromatic ring is 1. The molecule has 0 spiro atoms. The maximum absolute atomic E-state index is 11.7. The van der Waals surface area contributed by atoms with Crippen LogP contribution < -0.4 is 10.6 Å². The Kier molecular flexibility index (Phi) is 3.93. The van der Waals surface area contributed by atoms with E-state index in [1.807, 2.05) is 43.3 Å². The summed E-state index contributed by atoms with van der Waals surface area (Å²) in [6.07, 6.45) is 1.42. The molecule has 0 aliphatic rings. The minimum absolute atomic E-state index is 0.279. The van der Waals surface area contributed by atoms with Gasteiger partial charge in [-0.05, 0) is 31.2 Å². The summed E-state index contributed by atoms with van der Waals surface area (Å²) >= 11 is 0. The molecule has 0 bridgehead atoms. The molecule has 6 heteroatoms. The molecular weight excluding hydrogens is 256 g/mol. The zero-order valence-electron chi connectivity index (χ0n) is 11.8. The van der Waals surface area contributed by atoms with E-state index < -0.39 is 5.97 Å². The van der Waals surface area contributed by atoms with E-state index in [2.05, 4.69) is 5.10 Å². The Hall–Kier alpha value is -2.50. The van der Waals surface area contributed by atoms with Gasteiger partial charge in [0.2, 0.25) is 0 Å². The predicted octanol–water partition coefficient (Wildman–Crippen LogP) is 1.70. The number of benzene rings is 1. The van der Waals surface area contributed by atoms with Crippen LogP contribution in [0.2, 0.25) is 0 Å². The minimum Gasteiger partial charge on any atom is -0.462 e. The highest BCUT2D eigenvalue weighted by Crippen LogP contribution is 2.20. The van der Waals surface area contributed by atoms with Crippen molar-refractivity contribution in [3.63, 3.8) is 0 Å². The van der Waals surface area contributed by atoms with Crippen LogP contribution in [0.15, 0.2) is 30.5 Å². The number of aromatic nitrogens is 2. The Morgan fingerprint density at radius 3 is 2.55 bits per heavy atom. The van der Waals surface area contributed by atoms with Crippen molar-refractivity contribution in [3.05, 3.63) is 36.0 Å². The first-order valence-electron chi connectivity index (χ1n) is 6.33. The zero-order chi connectivity index (χ0) is 14.7. The molecule has 0 saturated carbocycles. The maximum atomic E-state index is 11.7. The van der Waals surface area contributed by atoms with Crippen molar-refractivity contribution < 1.29 is 9.53 Å². The smallest absolute Gasteiger partial charge is 0.343 e. The highest BCUT2D eigenvalue weighted by molar-refractivity contribution is 5.94. The first-order valence-corrected chi connectivity index (χ1v) is 6.33. The van der Waals surface area contributed by atoms with Gasteiger partial charge in [-0.25, -0.2) is 9.48 Å². The maximum Gasteiger partial charge on any atom is 0.343 e. The number of hydrogen-bond acceptors (Lipinski definition) is 5. The number of nitrogens with two attached hydrogens (primary N) is 1. The van der Waals surface area contributed by atoms with Crippen LogP contribution in [0.25, 0.3) is 5.69 Å². The van der Waals surface area contributed by atoms with Gasteiger partial charge >= 0.3 is 5.97 Å². The summed E-state index contributed by atoms with van der Waals surface area (Å²) in [7, 11) is 3.94. The quantitative estimate of drug-likeness (QED) is 0.859. The van der Waals surface area contributed by atoms with E-state index in [4.69, 9.17) is 10.5 Å². The van der Waals surface area contributed by atoms with Gasteiger partial charge in [-0.3, -0.25) is 0 Å². The lowest BCUT2D eigenvalue weighted by Gasteiger charge is -2.13. The lowest BCUT2D eigenvalue weighted by molar-refractivity contribution is 0.0527. The molecule has 1 aromatic carbocycles. The van der Waals surface area contributed by atoms with E-state index in [1.165, 1.54) is 10.9 Å². The number of anilines is 2. The van der Waals surface area contributed by atoms with Crippen LogP contribution >= 0.6 is 0 Å². The predicted molar refractivity (Wildman–Crippen MR) is 78.3 cm³/mol. The summed E-state index contributed by atoms with van der Waals surface area (Å²) in [6.45, 7) is 2.06. The average Bonchev–Trinajstić information content (AvgIpc) is 2.81. The highest BCUT2D eigenvalue weighted by Gasteiger charge is 2.16. The van der Waals surface area contributed by atoms with E-state index in [0.29, 0.717) is 6.61 Å². The number of carbonyl (C=O) groups is 1. The minimum atomic E-state index is -0.457. The third-order valence-corrected chi connectivity index (χ3v) is 2.91. The summed E-state index contributed by atoms with van der Waals surface area (Å²) in [6, 6.07) is 7.71. The molecular formula is C14H18N4O2. The summed E-state index contributed by atoms with van der Waals surface area (Å²) in [5, 5.41) is 4.14. The summed E-state index contributed by atoms with van der Waals surface area (Å²) in [5.74, 6) is -0.179. The molecule has 0 amide bonds. The molecule has 0 fully saturated rings. The molecule has 2 N–H and O–H groups in total. The molecule has 20 heavy (non-hydrogen) atoms. The van der Waals surface area contributed by atoms with Crippen LogP contribution in [0.1, 0.15) is 17.3 Å². The summed E-state index contributed by atoms with van der Waals surface area (Å²) in [4.78, 5) is 13.7. The van der Waals surface area contributed by atoms with Gasteiger partial charge < -0.3 is 15.4 Å². The molecule has 1 aromatic heterocycles. The third-order valence-electron chi connectivity index (χ3n) is 2.91. The number of carbonyl (C=O) groups excluding carboxylic acids is 1. The van der Waals surface area contributed by atoms with Crippen LogP contribution in [0, 0.1) is 0 Å². The Morgan fingerprint density at radius 1 is 1.35 bits per heavy atom. The Bertz CT molecular complexity index is 602. The molecule has 6 nitrogen and oxygen atoms in total. The molecule has 0 radical (unpaired) electrons. The average molecular weight is 274 g/mol. The van der Waals surface area contributed by atoms with Gasteiger partial charge in [-0.1, -0.05) is 0 Å². The fourth-order valence-corrected chi connectivity index (χ4v) is 1.82. The number of nitrogens with zero attached hydrogens (tertiary/aromatic N) is 3. The Labute approximate surface area is 117 Å². The van der Waals surface area contributed by atoms with Gasteiger partial charge in [-0.2, -0.15) is 5.10 Å². The standard InChI is InChI=1S/C14H18N4O2/c1-4-20-14(19)12-9-16-18(13(12)15)11-7-5-10(6-8-11)17(2)3/h5-9H,4,15H2,1-3H3. The van der Waals surface area contributed by atoms with Crippen LogP contribution in [0.5, 0.6) is 0 Å². The van der Waals surface area contributed by atoms with Gasteiger partial charge in [0.15, 0.2) is 0 Å². The van der Waals surface area contributed by atoms with E-state index in [-0.39, 0.29) is 11.4 Å². The van der Waals surface area contributed by atoms with Crippen LogP contribution in [-0.4, -0.2) is 36.5 Å². The molecule has 0 unspecified atom stereocenters. The first kappa shape index (κ1) is 13.9. The lowest BCUT2D eigenvalue weighted by Crippen LogP contribution is -2.10. The Balaban J connectivity index is 2.32. The van der Waals surface area contributed by atoms with Gasteiger partial charge in [0.25, 0.3) is 0 Å². The first-order chi connectivity index (χ1) is 9.54. The summed E-state index contributed by atoms with van der Waals surface area (Å²) < 4.78 is 6.45. The van der Waals surface area contributed by atoms with Crippen molar-refractivity contribution >= 4 is 17.5 Å². The van der Waals surface area contributed by atoms with E-state index >= 15 is 0 Å². The second-order valence-corrected chi connectivity index (χ2v) is 4.49. The van der Waals surface area contributed by atoms with Gasteiger partial charge in [0.1, 0.15) is 11.4 Å². The Morgan fingerprint density at radius 2 is 2.00 bits per heavy atom. The van der Waals surface area contributed by atoms with Gasteiger partial charge in [-0.15, -0.1) is 0 Å². The zero-order valence-corrected chi connectivity index (χ0v) is 11.8. The van der Waals surface area contributed by atoms with E-state index in [0.717, 1.165) is 11.4 Å². The van der Waals surface area contributed by atoms with Crippen molar-refractivity contribution in [2.24, 2.45) is 0 Å².